The molecule has 4 heterocycles. The highest BCUT2D eigenvalue weighted by molar-refractivity contribution is 7.18. The van der Waals surface area contributed by atoms with E-state index in [4.69, 9.17) is 4.98 Å². The van der Waals surface area contributed by atoms with Gasteiger partial charge in [0.2, 0.25) is 5.91 Å². The van der Waals surface area contributed by atoms with Gasteiger partial charge in [-0.3, -0.25) is 9.69 Å². The van der Waals surface area contributed by atoms with Crippen LogP contribution in [0, 0.1) is 0 Å². The average Bonchev–Trinajstić information content (AvgIpc) is 3.47. The van der Waals surface area contributed by atoms with Crippen molar-refractivity contribution in [1.82, 2.24) is 14.8 Å². The molecule has 2 atom stereocenters. The van der Waals surface area contributed by atoms with Gasteiger partial charge in [0.05, 0.1) is 21.8 Å². The number of thiazole rings is 1. The van der Waals surface area contributed by atoms with Crippen LogP contribution in [0.15, 0.2) is 41.8 Å². The Bertz CT molecular complexity index is 919. The summed E-state index contributed by atoms with van der Waals surface area (Å²) < 4.78 is 1.25. The van der Waals surface area contributed by atoms with Crippen molar-refractivity contribution >= 4 is 38.8 Å². The summed E-state index contributed by atoms with van der Waals surface area (Å²) in [7, 11) is 0. The van der Waals surface area contributed by atoms with Crippen molar-refractivity contribution < 1.29 is 4.79 Å². The fraction of sp³-hybridized carbons (Fsp3) is 0.455. The van der Waals surface area contributed by atoms with Crippen LogP contribution in [0.1, 0.15) is 47.5 Å². The topological polar surface area (TPSA) is 36.4 Å². The van der Waals surface area contributed by atoms with Crippen molar-refractivity contribution in [3.63, 3.8) is 0 Å². The van der Waals surface area contributed by atoms with Gasteiger partial charge in [-0.1, -0.05) is 18.2 Å². The first-order chi connectivity index (χ1) is 13.8. The molecular formula is C22H25N3OS2. The van der Waals surface area contributed by atoms with E-state index in [2.05, 4.69) is 45.5 Å². The van der Waals surface area contributed by atoms with Crippen molar-refractivity contribution in [3.8, 4) is 0 Å². The predicted molar refractivity (Wildman–Crippen MR) is 116 cm³/mol. The number of hydrogen-bond donors (Lipinski definition) is 0. The molecule has 0 unspecified atom stereocenters. The van der Waals surface area contributed by atoms with E-state index in [0.717, 1.165) is 38.0 Å². The zero-order valence-electron chi connectivity index (χ0n) is 15.9. The molecular weight excluding hydrogens is 386 g/mol. The molecule has 0 aliphatic carbocycles. The molecule has 6 heteroatoms. The smallest absolute Gasteiger partial charge is 0.236 e. The third-order valence-electron chi connectivity index (χ3n) is 6.01. The molecule has 2 aromatic heterocycles. The summed E-state index contributed by atoms with van der Waals surface area (Å²) in [6, 6.07) is 13.1. The zero-order valence-corrected chi connectivity index (χ0v) is 17.6. The molecule has 0 bridgehead atoms. The number of likely N-dealkylation sites (tertiary alicyclic amines) is 2. The van der Waals surface area contributed by atoms with E-state index in [9.17, 15) is 4.79 Å². The number of carbonyl (C=O) groups is 1. The Morgan fingerprint density at radius 2 is 2.00 bits per heavy atom. The highest BCUT2D eigenvalue weighted by Crippen LogP contribution is 2.35. The first-order valence-electron chi connectivity index (χ1n) is 10.2. The standard InChI is InChI=1S/C22H25N3OS2/c26-21(15-24-11-4-8-18(24)20-10-5-13-27-20)25-12-3-6-16(14-25)22-23-17-7-1-2-9-19(17)28-22/h1-2,5,7,9-10,13,16,18H,3-4,6,8,11-12,14-15H2/t16-,18-/m1/s1. The molecule has 2 fully saturated rings. The van der Waals surface area contributed by atoms with Crippen molar-refractivity contribution in [1.29, 1.82) is 0 Å². The summed E-state index contributed by atoms with van der Waals surface area (Å²) in [5.41, 5.74) is 1.09. The second-order valence-electron chi connectivity index (χ2n) is 7.84. The van der Waals surface area contributed by atoms with E-state index in [0.29, 0.717) is 18.5 Å². The molecule has 0 spiro atoms. The molecule has 2 aliphatic heterocycles. The first-order valence-corrected chi connectivity index (χ1v) is 11.9. The normalized spacial score (nSPS) is 23.5. The molecule has 28 heavy (non-hydrogen) atoms. The van der Waals surface area contributed by atoms with E-state index in [1.54, 1.807) is 11.3 Å². The van der Waals surface area contributed by atoms with Crippen LogP contribution >= 0.6 is 22.7 Å². The van der Waals surface area contributed by atoms with Gasteiger partial charge >= 0.3 is 0 Å². The van der Waals surface area contributed by atoms with Gasteiger partial charge < -0.3 is 4.90 Å². The van der Waals surface area contributed by atoms with E-state index in [1.807, 2.05) is 17.4 Å². The molecule has 2 saturated heterocycles. The van der Waals surface area contributed by atoms with E-state index < -0.39 is 0 Å². The molecule has 0 N–H and O–H groups in total. The molecule has 5 rings (SSSR count). The number of aromatic nitrogens is 1. The van der Waals surface area contributed by atoms with Crippen LogP contribution in [0.25, 0.3) is 10.2 Å². The molecule has 1 aromatic carbocycles. The number of benzene rings is 1. The highest BCUT2D eigenvalue weighted by Gasteiger charge is 2.32. The number of rotatable bonds is 4. The second-order valence-corrected chi connectivity index (χ2v) is 9.88. The van der Waals surface area contributed by atoms with Crippen LogP contribution in [0.3, 0.4) is 0 Å². The van der Waals surface area contributed by atoms with Crippen LogP contribution in [0.5, 0.6) is 0 Å². The summed E-state index contributed by atoms with van der Waals surface area (Å²) in [4.78, 5) is 23.8. The van der Waals surface area contributed by atoms with Crippen LogP contribution in [0.4, 0.5) is 0 Å². The number of thiophene rings is 1. The maximum atomic E-state index is 13.1. The molecule has 146 valence electrons. The van der Waals surface area contributed by atoms with Crippen molar-refractivity contribution in [3.05, 3.63) is 51.7 Å². The Kier molecular flexibility index (Phi) is 5.18. The second kappa shape index (κ2) is 7.93. The van der Waals surface area contributed by atoms with E-state index >= 15 is 0 Å². The summed E-state index contributed by atoms with van der Waals surface area (Å²) in [6.07, 6.45) is 4.55. The Balaban J connectivity index is 1.26. The molecule has 1 amide bonds. The Morgan fingerprint density at radius 3 is 2.86 bits per heavy atom. The third-order valence-corrected chi connectivity index (χ3v) is 8.18. The van der Waals surface area contributed by atoms with Gasteiger partial charge in [-0.15, -0.1) is 22.7 Å². The molecule has 0 radical (unpaired) electrons. The first kappa shape index (κ1) is 18.3. The van der Waals surface area contributed by atoms with Crippen molar-refractivity contribution in [2.75, 3.05) is 26.2 Å². The van der Waals surface area contributed by atoms with E-state index in [-0.39, 0.29) is 5.91 Å². The van der Waals surface area contributed by atoms with Gasteiger partial charge in [-0.25, -0.2) is 4.98 Å². The third kappa shape index (κ3) is 3.61. The molecule has 2 aliphatic rings. The van der Waals surface area contributed by atoms with Gasteiger partial charge in [0.15, 0.2) is 0 Å². The number of piperidine rings is 1. The van der Waals surface area contributed by atoms with Gasteiger partial charge in [0, 0.05) is 29.9 Å². The number of amides is 1. The van der Waals surface area contributed by atoms with Gasteiger partial charge in [-0.2, -0.15) is 0 Å². The summed E-state index contributed by atoms with van der Waals surface area (Å²) in [5, 5.41) is 3.33. The Hall–Kier alpha value is -1.76. The number of hydrogen-bond acceptors (Lipinski definition) is 5. The molecule has 0 saturated carbocycles. The van der Waals surface area contributed by atoms with Crippen molar-refractivity contribution in [2.24, 2.45) is 0 Å². The number of para-hydroxylation sites is 1. The summed E-state index contributed by atoms with van der Waals surface area (Å²) >= 11 is 3.60. The van der Waals surface area contributed by atoms with E-state index in [1.165, 1.54) is 27.4 Å². The SMILES string of the molecule is O=C(CN1CCC[C@@H]1c1cccs1)N1CCC[C@@H](c2nc3ccccc3s2)C1. The average molecular weight is 412 g/mol. The maximum absolute atomic E-state index is 13.1. The van der Waals surface area contributed by atoms with Crippen LogP contribution in [-0.4, -0.2) is 46.9 Å². The van der Waals surface area contributed by atoms with Gasteiger partial charge in [-0.05, 0) is 55.8 Å². The fourth-order valence-electron chi connectivity index (χ4n) is 4.56. The largest absolute Gasteiger partial charge is 0.341 e. The monoisotopic (exact) mass is 411 g/mol. The lowest BCUT2D eigenvalue weighted by atomic mass is 9.98. The minimum Gasteiger partial charge on any atom is -0.341 e. The summed E-state index contributed by atoms with van der Waals surface area (Å²) in [5.74, 6) is 0.663. The quantitative estimate of drug-likeness (QED) is 0.613. The summed E-state index contributed by atoms with van der Waals surface area (Å²) in [6.45, 7) is 3.28. The van der Waals surface area contributed by atoms with Crippen LogP contribution in [0.2, 0.25) is 0 Å². The predicted octanol–water partition coefficient (Wildman–Crippen LogP) is 4.90. The lowest BCUT2D eigenvalue weighted by Crippen LogP contribution is -2.44. The molecule has 3 aromatic rings. The Morgan fingerprint density at radius 1 is 1.11 bits per heavy atom. The maximum Gasteiger partial charge on any atom is 0.236 e. The number of nitrogens with zero attached hydrogens (tertiary/aromatic N) is 3. The van der Waals surface area contributed by atoms with Gasteiger partial charge in [0.1, 0.15) is 0 Å². The number of fused-ring (bicyclic) bond motifs is 1. The number of carbonyl (C=O) groups excluding carboxylic acids is 1. The van der Waals surface area contributed by atoms with Crippen LogP contribution in [-0.2, 0) is 4.79 Å². The van der Waals surface area contributed by atoms with Crippen molar-refractivity contribution in [2.45, 2.75) is 37.6 Å². The highest BCUT2D eigenvalue weighted by atomic mass is 32.1. The Labute approximate surface area is 173 Å². The fourth-order valence-corrected chi connectivity index (χ4v) is 6.55. The molecule has 4 nitrogen and oxygen atoms in total. The zero-order chi connectivity index (χ0) is 18.9. The van der Waals surface area contributed by atoms with Crippen LogP contribution < -0.4 is 0 Å². The lowest BCUT2D eigenvalue weighted by molar-refractivity contribution is -0.133. The van der Waals surface area contributed by atoms with Gasteiger partial charge in [0.25, 0.3) is 0 Å². The minimum atomic E-state index is 0.286. The lowest BCUT2D eigenvalue weighted by Gasteiger charge is -2.34. The minimum absolute atomic E-state index is 0.286.